The van der Waals surface area contributed by atoms with E-state index in [9.17, 15) is 17.2 Å². The van der Waals surface area contributed by atoms with Crippen molar-refractivity contribution in [2.24, 2.45) is 0 Å². The number of alkyl halides is 2. The minimum absolute atomic E-state index is 0.00381. The van der Waals surface area contributed by atoms with Gasteiger partial charge >= 0.3 is 6.61 Å². The van der Waals surface area contributed by atoms with Crippen LogP contribution in [-0.2, 0) is 16.4 Å². The standard InChI is InChI=1S/C20H28F2N2O3S/c1-14(2)24-10-8-17(9-11-24)23(3)28(25,26)19-7-5-15-12-18(27-20(21)22)6-4-16(15)13-19/h4,6,12-14,17,20H,5,7-11H2,1-3H3. The zero-order valence-electron chi connectivity index (χ0n) is 16.6. The minimum atomic E-state index is -3.55. The van der Waals surface area contributed by atoms with Crippen LogP contribution < -0.4 is 4.74 Å². The molecule has 2 aliphatic rings. The van der Waals surface area contributed by atoms with Gasteiger partial charge in [-0.3, -0.25) is 0 Å². The topological polar surface area (TPSA) is 49.9 Å². The van der Waals surface area contributed by atoms with E-state index in [1.807, 2.05) is 0 Å². The summed E-state index contributed by atoms with van der Waals surface area (Å²) in [4.78, 5) is 2.75. The number of sulfonamides is 1. The van der Waals surface area contributed by atoms with Gasteiger partial charge in [0.2, 0.25) is 10.0 Å². The summed E-state index contributed by atoms with van der Waals surface area (Å²) in [7, 11) is -1.88. The average Bonchev–Trinajstić information content (AvgIpc) is 2.66. The molecule has 0 amide bonds. The van der Waals surface area contributed by atoms with Gasteiger partial charge in [-0.2, -0.15) is 13.1 Å². The molecule has 8 heteroatoms. The Morgan fingerprint density at radius 3 is 2.46 bits per heavy atom. The van der Waals surface area contributed by atoms with Crippen molar-refractivity contribution in [1.29, 1.82) is 0 Å². The van der Waals surface area contributed by atoms with Crippen LogP contribution in [-0.4, -0.2) is 56.5 Å². The summed E-state index contributed by atoms with van der Waals surface area (Å²) in [6, 6.07) is 5.13. The van der Waals surface area contributed by atoms with Crippen molar-refractivity contribution >= 4 is 16.1 Å². The van der Waals surface area contributed by atoms with Crippen molar-refractivity contribution in [3.8, 4) is 5.75 Å². The largest absolute Gasteiger partial charge is 0.435 e. The molecule has 1 aromatic carbocycles. The van der Waals surface area contributed by atoms with E-state index in [4.69, 9.17) is 0 Å². The van der Waals surface area contributed by atoms with E-state index in [-0.39, 0.29) is 11.8 Å². The fourth-order valence-electron chi connectivity index (χ4n) is 3.97. The second kappa shape index (κ2) is 8.47. The number of halogens is 2. The molecule has 1 saturated heterocycles. The molecule has 0 unspecified atom stereocenters. The van der Waals surface area contributed by atoms with Crippen LogP contribution in [0.15, 0.2) is 23.1 Å². The van der Waals surface area contributed by atoms with Gasteiger partial charge in [-0.25, -0.2) is 8.42 Å². The highest BCUT2D eigenvalue weighted by Crippen LogP contribution is 2.32. The molecule has 0 spiro atoms. The zero-order valence-corrected chi connectivity index (χ0v) is 17.4. The SMILES string of the molecule is CC(C)N1CCC(N(C)S(=O)(=O)C2=Cc3ccc(OC(F)F)cc3CC2)CC1. The number of nitrogens with zero attached hydrogens (tertiary/aromatic N) is 2. The molecule has 0 N–H and O–H groups in total. The number of ether oxygens (including phenoxy) is 1. The summed E-state index contributed by atoms with van der Waals surface area (Å²) >= 11 is 0. The molecule has 3 rings (SSSR count). The first-order chi connectivity index (χ1) is 13.2. The molecule has 0 radical (unpaired) electrons. The summed E-state index contributed by atoms with van der Waals surface area (Å²) in [6.45, 7) is 3.24. The van der Waals surface area contributed by atoms with Crippen LogP contribution in [0.2, 0.25) is 0 Å². The Morgan fingerprint density at radius 2 is 1.86 bits per heavy atom. The molecule has 1 heterocycles. The van der Waals surface area contributed by atoms with E-state index < -0.39 is 16.6 Å². The van der Waals surface area contributed by atoms with Crippen LogP contribution in [0.25, 0.3) is 6.08 Å². The van der Waals surface area contributed by atoms with Crippen LogP contribution in [0.5, 0.6) is 5.75 Å². The quantitative estimate of drug-likeness (QED) is 0.712. The normalized spacial score (nSPS) is 19.2. The van der Waals surface area contributed by atoms with Crippen LogP contribution in [0.4, 0.5) is 8.78 Å². The highest BCUT2D eigenvalue weighted by Gasteiger charge is 2.33. The van der Waals surface area contributed by atoms with Crippen molar-refractivity contribution in [3.63, 3.8) is 0 Å². The van der Waals surface area contributed by atoms with Gasteiger partial charge < -0.3 is 9.64 Å². The van der Waals surface area contributed by atoms with Crippen molar-refractivity contribution in [3.05, 3.63) is 34.2 Å². The van der Waals surface area contributed by atoms with Crippen LogP contribution in [0.3, 0.4) is 0 Å². The molecule has 156 valence electrons. The molecule has 1 fully saturated rings. The van der Waals surface area contributed by atoms with Gasteiger partial charge in [0, 0.05) is 19.1 Å². The van der Waals surface area contributed by atoms with Crippen molar-refractivity contribution in [1.82, 2.24) is 9.21 Å². The first kappa shape index (κ1) is 21.2. The number of allylic oxidation sites excluding steroid dienone is 1. The van der Waals surface area contributed by atoms with Gasteiger partial charge in [0.1, 0.15) is 5.75 Å². The van der Waals surface area contributed by atoms with E-state index in [1.54, 1.807) is 25.3 Å². The van der Waals surface area contributed by atoms with Gasteiger partial charge in [0.05, 0.1) is 4.91 Å². The van der Waals surface area contributed by atoms with Crippen LogP contribution in [0, 0.1) is 0 Å². The summed E-state index contributed by atoms with van der Waals surface area (Å²) in [5.41, 5.74) is 1.57. The monoisotopic (exact) mass is 414 g/mol. The lowest BCUT2D eigenvalue weighted by atomic mass is 9.97. The molecular formula is C20H28F2N2O3S. The second-order valence-electron chi connectivity index (χ2n) is 7.73. The third kappa shape index (κ3) is 4.55. The Bertz CT molecular complexity index is 832. The van der Waals surface area contributed by atoms with Crippen molar-refractivity contribution in [2.45, 2.75) is 58.2 Å². The number of rotatable bonds is 6. The minimum Gasteiger partial charge on any atom is -0.435 e. The molecule has 0 bridgehead atoms. The molecule has 0 atom stereocenters. The first-order valence-electron chi connectivity index (χ1n) is 9.69. The second-order valence-corrected chi connectivity index (χ2v) is 9.78. The highest BCUT2D eigenvalue weighted by molar-refractivity contribution is 7.93. The predicted octanol–water partition coefficient (Wildman–Crippen LogP) is 3.71. The number of benzene rings is 1. The first-order valence-corrected chi connectivity index (χ1v) is 11.1. The summed E-state index contributed by atoms with van der Waals surface area (Å²) in [5.74, 6) is 0.0995. The van der Waals surface area contributed by atoms with Gasteiger partial charge in [-0.1, -0.05) is 6.07 Å². The van der Waals surface area contributed by atoms with E-state index in [2.05, 4.69) is 23.5 Å². The van der Waals surface area contributed by atoms with Crippen LogP contribution >= 0.6 is 0 Å². The fraction of sp³-hybridized carbons (Fsp3) is 0.600. The number of likely N-dealkylation sites (tertiary alicyclic amines) is 1. The number of aryl methyl sites for hydroxylation is 1. The van der Waals surface area contributed by atoms with E-state index >= 15 is 0 Å². The Hall–Kier alpha value is -1.51. The number of hydrogen-bond donors (Lipinski definition) is 0. The number of fused-ring (bicyclic) bond motifs is 1. The van der Waals surface area contributed by atoms with Gasteiger partial charge in [-0.05, 0) is 82.0 Å². The molecule has 1 aliphatic carbocycles. The smallest absolute Gasteiger partial charge is 0.387 e. The maximum absolute atomic E-state index is 13.1. The molecule has 1 aromatic rings. The Balaban J connectivity index is 1.74. The maximum Gasteiger partial charge on any atom is 0.387 e. The van der Waals surface area contributed by atoms with Crippen LogP contribution in [0.1, 0.15) is 44.2 Å². The Labute approximate surface area is 166 Å². The lowest BCUT2D eigenvalue weighted by molar-refractivity contribution is -0.0498. The summed E-state index contributed by atoms with van der Waals surface area (Å²) in [5, 5.41) is 0. The van der Waals surface area contributed by atoms with Crippen molar-refractivity contribution < 1.29 is 21.9 Å². The summed E-state index contributed by atoms with van der Waals surface area (Å²) in [6.07, 6.45) is 4.17. The maximum atomic E-state index is 13.1. The van der Waals surface area contributed by atoms with E-state index in [1.165, 1.54) is 10.4 Å². The van der Waals surface area contributed by atoms with Crippen molar-refractivity contribution in [2.75, 3.05) is 20.1 Å². The van der Waals surface area contributed by atoms with Gasteiger partial charge in [-0.15, -0.1) is 0 Å². The van der Waals surface area contributed by atoms with E-state index in [0.29, 0.717) is 23.8 Å². The highest BCUT2D eigenvalue weighted by atomic mass is 32.2. The molecule has 0 aromatic heterocycles. The Kier molecular flexibility index (Phi) is 6.41. The van der Waals surface area contributed by atoms with Gasteiger partial charge in [0.15, 0.2) is 0 Å². The lowest BCUT2D eigenvalue weighted by Gasteiger charge is -2.38. The van der Waals surface area contributed by atoms with Gasteiger partial charge in [0.25, 0.3) is 0 Å². The fourth-order valence-corrected chi connectivity index (χ4v) is 5.58. The number of piperidine rings is 1. The average molecular weight is 415 g/mol. The zero-order chi connectivity index (χ0) is 20.5. The molecule has 0 saturated carbocycles. The van der Waals surface area contributed by atoms with E-state index in [0.717, 1.165) is 37.1 Å². The molecule has 5 nitrogen and oxygen atoms in total. The summed E-state index contributed by atoms with van der Waals surface area (Å²) < 4.78 is 57.0. The molecule has 28 heavy (non-hydrogen) atoms. The molecular weight excluding hydrogens is 386 g/mol. The third-order valence-electron chi connectivity index (χ3n) is 5.75. The Morgan fingerprint density at radius 1 is 1.18 bits per heavy atom. The molecule has 1 aliphatic heterocycles. The number of hydrogen-bond acceptors (Lipinski definition) is 4. The predicted molar refractivity (Wildman–Crippen MR) is 106 cm³/mol. The lowest BCUT2D eigenvalue weighted by Crippen LogP contribution is -2.47. The third-order valence-corrected chi connectivity index (χ3v) is 7.79.